The van der Waals surface area contributed by atoms with Crippen molar-refractivity contribution in [2.75, 3.05) is 23.8 Å². The molecule has 2 aromatic carbocycles. The fourth-order valence-corrected chi connectivity index (χ4v) is 2.81. The lowest BCUT2D eigenvalue weighted by Gasteiger charge is -2.08. The number of carbonyl (C=O) groups is 4. The van der Waals surface area contributed by atoms with E-state index in [9.17, 15) is 29.3 Å². The number of nitro groups is 1. The van der Waals surface area contributed by atoms with E-state index in [1.54, 1.807) is 24.3 Å². The Morgan fingerprint density at radius 1 is 0.886 bits per heavy atom. The second-order valence-corrected chi connectivity index (χ2v) is 7.48. The molecule has 0 saturated carbocycles. The van der Waals surface area contributed by atoms with E-state index in [4.69, 9.17) is 9.47 Å². The molecule has 186 valence electrons. The summed E-state index contributed by atoms with van der Waals surface area (Å²) in [4.78, 5) is 57.8. The molecule has 0 aliphatic rings. The zero-order valence-electron chi connectivity index (χ0n) is 19.3. The molecule has 2 N–H and O–H groups in total. The van der Waals surface area contributed by atoms with Gasteiger partial charge in [-0.15, -0.1) is 0 Å². The van der Waals surface area contributed by atoms with Crippen molar-refractivity contribution in [1.82, 2.24) is 0 Å². The lowest BCUT2D eigenvalue weighted by Crippen LogP contribution is -2.21. The van der Waals surface area contributed by atoms with E-state index in [1.165, 1.54) is 24.3 Å². The van der Waals surface area contributed by atoms with Crippen molar-refractivity contribution >= 4 is 40.8 Å². The van der Waals surface area contributed by atoms with Gasteiger partial charge >= 0.3 is 11.9 Å². The van der Waals surface area contributed by atoms with Crippen LogP contribution in [0.2, 0.25) is 0 Å². The zero-order valence-corrected chi connectivity index (χ0v) is 19.3. The number of nitro benzene ring substituents is 1. The summed E-state index contributed by atoms with van der Waals surface area (Å²) in [6.45, 7) is 1.80. The fraction of sp³-hybridized carbons (Fsp3) is 0.333. The molecule has 0 atom stereocenters. The summed E-state index contributed by atoms with van der Waals surface area (Å²) in [5.41, 5.74) is 0.911. The van der Waals surface area contributed by atoms with E-state index < -0.39 is 29.4 Å². The molecule has 0 radical (unpaired) electrons. The summed E-state index contributed by atoms with van der Waals surface area (Å²) < 4.78 is 9.99. The van der Waals surface area contributed by atoms with Gasteiger partial charge in [-0.05, 0) is 43.2 Å². The van der Waals surface area contributed by atoms with E-state index in [0.717, 1.165) is 12.8 Å². The maximum absolute atomic E-state index is 12.1. The highest BCUT2D eigenvalue weighted by Crippen LogP contribution is 2.17. The summed E-state index contributed by atoms with van der Waals surface area (Å²) in [5.74, 6) is -2.04. The Labute approximate surface area is 201 Å². The van der Waals surface area contributed by atoms with Crippen molar-refractivity contribution in [3.8, 4) is 0 Å². The number of hydrogen-bond acceptors (Lipinski definition) is 8. The number of benzene rings is 2. The Morgan fingerprint density at radius 2 is 1.60 bits per heavy atom. The molecular formula is C24H27N3O8. The number of hydrogen-bond donors (Lipinski definition) is 2. The van der Waals surface area contributed by atoms with E-state index in [1.807, 2.05) is 6.92 Å². The number of amides is 2. The number of rotatable bonds is 13. The molecule has 0 aliphatic heterocycles. The number of nitrogens with one attached hydrogen (secondary N) is 2. The van der Waals surface area contributed by atoms with Gasteiger partial charge in [0.25, 0.3) is 11.6 Å². The molecule has 11 nitrogen and oxygen atoms in total. The van der Waals surface area contributed by atoms with Crippen molar-refractivity contribution in [3.05, 3.63) is 64.2 Å². The lowest BCUT2D eigenvalue weighted by molar-refractivity contribution is -0.384. The molecule has 0 fully saturated rings. The first-order valence-electron chi connectivity index (χ1n) is 11.1. The number of non-ortho nitro benzene ring substituents is 1. The molecule has 0 heterocycles. The van der Waals surface area contributed by atoms with Crippen molar-refractivity contribution < 1.29 is 33.6 Å². The molecule has 0 spiro atoms. The Bertz CT molecular complexity index is 1050. The molecule has 2 aromatic rings. The van der Waals surface area contributed by atoms with E-state index in [-0.39, 0.29) is 36.5 Å². The number of nitrogens with zero attached hydrogens (tertiary/aromatic N) is 1. The van der Waals surface area contributed by atoms with Crippen molar-refractivity contribution in [2.24, 2.45) is 0 Å². The van der Waals surface area contributed by atoms with Crippen LogP contribution < -0.4 is 10.6 Å². The van der Waals surface area contributed by atoms with E-state index in [2.05, 4.69) is 10.6 Å². The molecule has 0 bridgehead atoms. The van der Waals surface area contributed by atoms with Crippen LogP contribution in [-0.4, -0.2) is 41.9 Å². The van der Waals surface area contributed by atoms with Gasteiger partial charge in [0.1, 0.15) is 0 Å². The third-order valence-corrected chi connectivity index (χ3v) is 4.63. The standard InChI is InChI=1S/C24H27N3O8/c1-2-3-14-34-24(31)17-10-12-18(13-11-17)25-21(28)8-5-9-23(30)35-16-22(29)26-19-6-4-7-20(15-19)27(32)33/h4,6-7,10-13,15H,2-3,5,8-9,14,16H2,1H3,(H,25,28)(H,26,29). The molecule has 2 amide bonds. The molecule has 0 saturated heterocycles. The van der Waals surface area contributed by atoms with Gasteiger partial charge in [-0.2, -0.15) is 0 Å². The molecule has 0 aromatic heterocycles. The summed E-state index contributed by atoms with van der Waals surface area (Å²) >= 11 is 0. The zero-order chi connectivity index (χ0) is 25.6. The average Bonchev–Trinajstić information content (AvgIpc) is 2.83. The highest BCUT2D eigenvalue weighted by atomic mass is 16.6. The van der Waals surface area contributed by atoms with Crippen LogP contribution in [0.25, 0.3) is 0 Å². The van der Waals surface area contributed by atoms with Gasteiger partial charge in [0.05, 0.1) is 17.1 Å². The van der Waals surface area contributed by atoms with Gasteiger partial charge in [-0.1, -0.05) is 19.4 Å². The van der Waals surface area contributed by atoms with Crippen molar-refractivity contribution in [3.63, 3.8) is 0 Å². The van der Waals surface area contributed by atoms with Gasteiger partial charge in [0, 0.05) is 36.3 Å². The van der Waals surface area contributed by atoms with Crippen LogP contribution in [0.5, 0.6) is 0 Å². The number of ether oxygens (including phenoxy) is 2. The SMILES string of the molecule is CCCCOC(=O)c1ccc(NC(=O)CCCC(=O)OCC(=O)Nc2cccc([N+](=O)[O-])c2)cc1. The molecule has 11 heteroatoms. The van der Waals surface area contributed by atoms with Crippen LogP contribution >= 0.6 is 0 Å². The number of carbonyl (C=O) groups excluding carboxylic acids is 4. The second-order valence-electron chi connectivity index (χ2n) is 7.48. The van der Waals surface area contributed by atoms with Crippen LogP contribution in [0.1, 0.15) is 49.4 Å². The van der Waals surface area contributed by atoms with Crippen LogP contribution in [-0.2, 0) is 23.9 Å². The Balaban J connectivity index is 1.65. The second kappa shape index (κ2) is 14.1. The van der Waals surface area contributed by atoms with E-state index in [0.29, 0.717) is 17.9 Å². The van der Waals surface area contributed by atoms with Crippen LogP contribution in [0.4, 0.5) is 17.1 Å². The number of unbranched alkanes of at least 4 members (excludes halogenated alkanes) is 1. The Hall–Kier alpha value is -4.28. The monoisotopic (exact) mass is 485 g/mol. The number of esters is 2. The van der Waals surface area contributed by atoms with E-state index >= 15 is 0 Å². The summed E-state index contributed by atoms with van der Waals surface area (Å²) in [7, 11) is 0. The van der Waals surface area contributed by atoms with Crippen molar-refractivity contribution in [1.29, 1.82) is 0 Å². The molecule has 0 aliphatic carbocycles. The first-order chi connectivity index (χ1) is 16.8. The highest BCUT2D eigenvalue weighted by molar-refractivity contribution is 5.94. The van der Waals surface area contributed by atoms with Gasteiger partial charge in [0.2, 0.25) is 5.91 Å². The van der Waals surface area contributed by atoms with Crippen LogP contribution in [0.15, 0.2) is 48.5 Å². The largest absolute Gasteiger partial charge is 0.462 e. The predicted molar refractivity (Wildman–Crippen MR) is 127 cm³/mol. The first kappa shape index (κ1) is 27.0. The van der Waals surface area contributed by atoms with Gasteiger partial charge < -0.3 is 20.1 Å². The third-order valence-electron chi connectivity index (χ3n) is 4.63. The maximum Gasteiger partial charge on any atom is 0.338 e. The normalized spacial score (nSPS) is 10.2. The molecule has 2 rings (SSSR count). The quantitative estimate of drug-likeness (QED) is 0.188. The third kappa shape index (κ3) is 10.0. The molecule has 0 unspecified atom stereocenters. The van der Waals surface area contributed by atoms with Gasteiger partial charge in [-0.3, -0.25) is 24.5 Å². The first-order valence-corrected chi connectivity index (χ1v) is 11.1. The van der Waals surface area contributed by atoms with Gasteiger partial charge in [0.15, 0.2) is 6.61 Å². The Kier molecular flexibility index (Phi) is 10.9. The smallest absolute Gasteiger partial charge is 0.338 e. The predicted octanol–water partition coefficient (Wildman–Crippen LogP) is 3.84. The summed E-state index contributed by atoms with van der Waals surface area (Å²) in [5, 5.41) is 15.8. The minimum Gasteiger partial charge on any atom is -0.462 e. The van der Waals surface area contributed by atoms with Crippen LogP contribution in [0.3, 0.4) is 0 Å². The maximum atomic E-state index is 12.1. The topological polar surface area (TPSA) is 154 Å². The van der Waals surface area contributed by atoms with Crippen LogP contribution in [0, 0.1) is 10.1 Å². The highest BCUT2D eigenvalue weighted by Gasteiger charge is 2.12. The number of anilines is 2. The molecule has 35 heavy (non-hydrogen) atoms. The minimum absolute atomic E-state index is 0.0514. The molecular weight excluding hydrogens is 458 g/mol. The lowest BCUT2D eigenvalue weighted by atomic mass is 10.2. The summed E-state index contributed by atoms with van der Waals surface area (Å²) in [6, 6.07) is 11.6. The average molecular weight is 485 g/mol. The Morgan fingerprint density at radius 3 is 2.29 bits per heavy atom. The summed E-state index contributed by atoms with van der Waals surface area (Å²) in [6.07, 6.45) is 1.91. The van der Waals surface area contributed by atoms with Gasteiger partial charge in [-0.25, -0.2) is 4.79 Å². The fourth-order valence-electron chi connectivity index (χ4n) is 2.81. The van der Waals surface area contributed by atoms with Crippen molar-refractivity contribution in [2.45, 2.75) is 39.0 Å². The minimum atomic E-state index is -0.655.